The van der Waals surface area contributed by atoms with Gasteiger partial charge in [-0.05, 0) is 54.8 Å². The predicted molar refractivity (Wildman–Crippen MR) is 94.7 cm³/mol. The molecule has 2 aromatic rings. The van der Waals surface area contributed by atoms with Crippen molar-refractivity contribution in [2.24, 2.45) is 0 Å². The van der Waals surface area contributed by atoms with Crippen LogP contribution in [0.1, 0.15) is 23.1 Å². The summed E-state index contributed by atoms with van der Waals surface area (Å²) in [7, 11) is 0. The Hall–Kier alpha value is -2.82. The molecule has 1 fully saturated rings. The third kappa shape index (κ3) is 4.59. The summed E-state index contributed by atoms with van der Waals surface area (Å²) in [6.07, 6.45) is 0.316. The molecule has 1 N–H and O–H groups in total. The zero-order valence-corrected chi connectivity index (χ0v) is 14.4. The number of amides is 1. The smallest absolute Gasteiger partial charge is 0.347 e. The first-order valence-electron chi connectivity index (χ1n) is 8.30. The van der Waals surface area contributed by atoms with E-state index in [4.69, 9.17) is 9.47 Å². The van der Waals surface area contributed by atoms with Crippen molar-refractivity contribution in [2.45, 2.75) is 32.8 Å². The Morgan fingerprint density at radius 2 is 1.84 bits per heavy atom. The van der Waals surface area contributed by atoms with Gasteiger partial charge in [0.2, 0.25) is 5.91 Å². The third-order valence-corrected chi connectivity index (χ3v) is 3.96. The van der Waals surface area contributed by atoms with Crippen molar-refractivity contribution in [3.05, 3.63) is 59.2 Å². The normalized spacial score (nSPS) is 16.4. The molecule has 0 bridgehead atoms. The molecule has 0 spiro atoms. The average molecular weight is 339 g/mol. The SMILES string of the molecule is Cc1cc(C)cc(NC(=O)Cc2ccc(OC3CCOC3=O)cc2)c1. The van der Waals surface area contributed by atoms with Gasteiger partial charge in [-0.25, -0.2) is 4.79 Å². The predicted octanol–water partition coefficient (Wildman–Crippen LogP) is 3.18. The second-order valence-corrected chi connectivity index (χ2v) is 6.31. The summed E-state index contributed by atoms with van der Waals surface area (Å²) in [4.78, 5) is 23.6. The highest BCUT2D eigenvalue weighted by atomic mass is 16.6. The Kier molecular flexibility index (Phi) is 5.03. The van der Waals surface area contributed by atoms with Crippen LogP contribution in [0.4, 0.5) is 5.69 Å². The van der Waals surface area contributed by atoms with E-state index >= 15 is 0 Å². The van der Waals surface area contributed by atoms with E-state index in [1.807, 2.05) is 38.1 Å². The second kappa shape index (κ2) is 7.38. The summed E-state index contributed by atoms with van der Waals surface area (Å²) in [5, 5.41) is 2.92. The fourth-order valence-corrected chi connectivity index (χ4v) is 2.87. The molecule has 130 valence electrons. The van der Waals surface area contributed by atoms with E-state index in [0.717, 1.165) is 22.4 Å². The minimum atomic E-state index is -0.529. The van der Waals surface area contributed by atoms with Gasteiger partial charge in [0.25, 0.3) is 0 Å². The van der Waals surface area contributed by atoms with E-state index in [0.29, 0.717) is 18.8 Å². The molecule has 5 nitrogen and oxygen atoms in total. The van der Waals surface area contributed by atoms with Crippen LogP contribution in [0, 0.1) is 13.8 Å². The molecule has 1 amide bonds. The number of cyclic esters (lactones) is 1. The first kappa shape index (κ1) is 17.0. The summed E-state index contributed by atoms with van der Waals surface area (Å²) < 4.78 is 10.5. The van der Waals surface area contributed by atoms with Crippen molar-refractivity contribution >= 4 is 17.6 Å². The molecule has 1 heterocycles. The average Bonchev–Trinajstić information content (AvgIpc) is 2.93. The molecule has 1 saturated heterocycles. The summed E-state index contributed by atoms with van der Waals surface area (Å²) in [5.74, 6) is 0.206. The van der Waals surface area contributed by atoms with Crippen LogP contribution in [0.3, 0.4) is 0 Å². The Morgan fingerprint density at radius 3 is 2.44 bits per heavy atom. The molecule has 1 unspecified atom stereocenters. The van der Waals surface area contributed by atoms with Crippen molar-refractivity contribution in [3.8, 4) is 5.75 Å². The standard InChI is InChI=1S/C20H21NO4/c1-13-9-14(2)11-16(10-13)21-19(22)12-15-3-5-17(6-4-15)25-18-7-8-24-20(18)23/h3-6,9-11,18H,7-8,12H2,1-2H3,(H,21,22). The quantitative estimate of drug-likeness (QED) is 0.850. The topological polar surface area (TPSA) is 64.6 Å². The van der Waals surface area contributed by atoms with E-state index in [1.165, 1.54) is 0 Å². The van der Waals surface area contributed by atoms with Crippen molar-refractivity contribution in [3.63, 3.8) is 0 Å². The molecule has 1 atom stereocenters. The number of ether oxygens (including phenoxy) is 2. The van der Waals surface area contributed by atoms with E-state index in [9.17, 15) is 9.59 Å². The molecule has 1 aliphatic heterocycles. The van der Waals surface area contributed by atoms with Crippen molar-refractivity contribution < 1.29 is 19.1 Å². The first-order chi connectivity index (χ1) is 12.0. The molecule has 0 saturated carbocycles. The number of hydrogen-bond donors (Lipinski definition) is 1. The van der Waals surface area contributed by atoms with E-state index in [1.54, 1.807) is 12.1 Å². The number of esters is 1. The number of nitrogens with one attached hydrogen (secondary N) is 1. The molecular formula is C20H21NO4. The Bertz CT molecular complexity index is 763. The second-order valence-electron chi connectivity index (χ2n) is 6.31. The maximum Gasteiger partial charge on any atom is 0.347 e. The van der Waals surface area contributed by atoms with Gasteiger partial charge >= 0.3 is 5.97 Å². The lowest BCUT2D eigenvalue weighted by Gasteiger charge is -2.11. The number of aryl methyl sites for hydroxylation is 2. The number of carbonyl (C=O) groups is 2. The van der Waals surface area contributed by atoms with Gasteiger partial charge in [0.05, 0.1) is 13.0 Å². The van der Waals surface area contributed by atoms with Crippen LogP contribution in [-0.2, 0) is 20.7 Å². The van der Waals surface area contributed by atoms with E-state index in [-0.39, 0.29) is 18.3 Å². The number of carbonyl (C=O) groups excluding carboxylic acids is 2. The fourth-order valence-electron chi connectivity index (χ4n) is 2.87. The molecule has 25 heavy (non-hydrogen) atoms. The van der Waals surface area contributed by atoms with Gasteiger partial charge in [-0.2, -0.15) is 0 Å². The van der Waals surface area contributed by atoms with Gasteiger partial charge in [-0.1, -0.05) is 18.2 Å². The summed E-state index contributed by atoms with van der Waals surface area (Å²) in [5.41, 5.74) is 3.91. The fraction of sp³-hybridized carbons (Fsp3) is 0.300. The highest BCUT2D eigenvalue weighted by Gasteiger charge is 2.28. The minimum Gasteiger partial charge on any atom is -0.479 e. The lowest BCUT2D eigenvalue weighted by molar-refractivity contribution is -0.143. The van der Waals surface area contributed by atoms with Crippen molar-refractivity contribution in [2.75, 3.05) is 11.9 Å². The van der Waals surface area contributed by atoms with Gasteiger partial charge in [0.1, 0.15) is 5.75 Å². The lowest BCUT2D eigenvalue weighted by atomic mass is 10.1. The number of hydrogen-bond acceptors (Lipinski definition) is 4. The van der Waals surface area contributed by atoms with E-state index in [2.05, 4.69) is 11.4 Å². The first-order valence-corrected chi connectivity index (χ1v) is 8.30. The summed E-state index contributed by atoms with van der Waals surface area (Å²) in [6.45, 7) is 4.41. The van der Waals surface area contributed by atoms with Crippen LogP contribution in [0.2, 0.25) is 0 Å². The maximum absolute atomic E-state index is 12.2. The van der Waals surface area contributed by atoms with Gasteiger partial charge < -0.3 is 14.8 Å². The Morgan fingerprint density at radius 1 is 1.16 bits per heavy atom. The Balaban J connectivity index is 1.57. The maximum atomic E-state index is 12.2. The molecule has 3 rings (SSSR count). The largest absolute Gasteiger partial charge is 0.479 e. The van der Waals surface area contributed by atoms with E-state index < -0.39 is 6.10 Å². The monoisotopic (exact) mass is 339 g/mol. The lowest BCUT2D eigenvalue weighted by Crippen LogP contribution is -2.21. The molecule has 1 aliphatic rings. The third-order valence-electron chi connectivity index (χ3n) is 3.96. The van der Waals surface area contributed by atoms with Crippen molar-refractivity contribution in [1.29, 1.82) is 0 Å². The van der Waals surface area contributed by atoms with Crippen LogP contribution in [0.25, 0.3) is 0 Å². The van der Waals surface area contributed by atoms with Crippen LogP contribution in [-0.4, -0.2) is 24.6 Å². The highest BCUT2D eigenvalue weighted by molar-refractivity contribution is 5.92. The molecule has 2 aromatic carbocycles. The Labute approximate surface area is 147 Å². The molecule has 0 aromatic heterocycles. The number of benzene rings is 2. The van der Waals surface area contributed by atoms with Gasteiger partial charge in [0, 0.05) is 12.1 Å². The van der Waals surface area contributed by atoms with Crippen LogP contribution in [0.15, 0.2) is 42.5 Å². The molecule has 0 radical (unpaired) electrons. The minimum absolute atomic E-state index is 0.0713. The van der Waals surface area contributed by atoms with Gasteiger partial charge in [-0.3, -0.25) is 4.79 Å². The highest BCUT2D eigenvalue weighted by Crippen LogP contribution is 2.19. The number of rotatable bonds is 5. The van der Waals surface area contributed by atoms with Gasteiger partial charge in [-0.15, -0.1) is 0 Å². The summed E-state index contributed by atoms with van der Waals surface area (Å²) in [6, 6.07) is 13.2. The number of anilines is 1. The molecular weight excluding hydrogens is 318 g/mol. The zero-order chi connectivity index (χ0) is 17.8. The summed E-state index contributed by atoms with van der Waals surface area (Å²) >= 11 is 0. The van der Waals surface area contributed by atoms with Crippen LogP contribution >= 0.6 is 0 Å². The van der Waals surface area contributed by atoms with Crippen LogP contribution in [0.5, 0.6) is 5.75 Å². The molecule has 0 aliphatic carbocycles. The van der Waals surface area contributed by atoms with Crippen molar-refractivity contribution in [1.82, 2.24) is 0 Å². The zero-order valence-electron chi connectivity index (χ0n) is 14.4. The van der Waals surface area contributed by atoms with Crippen LogP contribution < -0.4 is 10.1 Å². The molecule has 5 heteroatoms. The van der Waals surface area contributed by atoms with Gasteiger partial charge in [0.15, 0.2) is 6.10 Å².